The molecule has 0 bridgehead atoms. The fourth-order valence-electron chi connectivity index (χ4n) is 2.80. The summed E-state index contributed by atoms with van der Waals surface area (Å²) in [5.74, 6) is -0.230. The van der Waals surface area contributed by atoms with Crippen molar-refractivity contribution in [2.75, 3.05) is 18.9 Å². The number of halogens is 1. The van der Waals surface area contributed by atoms with Gasteiger partial charge in [0.05, 0.1) is 15.5 Å². The maximum absolute atomic E-state index is 13.0. The van der Waals surface area contributed by atoms with Crippen molar-refractivity contribution in [1.82, 2.24) is 0 Å². The first-order chi connectivity index (χ1) is 11.4. The van der Waals surface area contributed by atoms with Crippen LogP contribution in [0.1, 0.15) is 10.8 Å². The second-order valence-corrected chi connectivity index (χ2v) is 9.57. The number of rotatable bonds is 5. The fourth-order valence-corrected chi connectivity index (χ4v) is 7.15. The molecule has 2 aromatic carbocycles. The lowest BCUT2D eigenvalue weighted by molar-refractivity contribution is 0.324. The molecule has 1 unspecified atom stereocenters. The highest BCUT2D eigenvalue weighted by Gasteiger charge is 2.45. The summed E-state index contributed by atoms with van der Waals surface area (Å²) in [6, 6.07) is 12.4. The molecular weight excluding hydrogens is 386 g/mol. The molecular formula is C16H18ClNO5S2. The molecule has 2 N–H and O–H groups in total. The molecule has 0 saturated heterocycles. The molecule has 2 aromatic rings. The van der Waals surface area contributed by atoms with Crippen molar-refractivity contribution in [1.29, 1.82) is 0 Å². The van der Waals surface area contributed by atoms with Gasteiger partial charge in [0, 0.05) is 12.1 Å². The summed E-state index contributed by atoms with van der Waals surface area (Å²) < 4.78 is 56.3. The van der Waals surface area contributed by atoms with Gasteiger partial charge in [0.2, 0.25) is 0 Å². The van der Waals surface area contributed by atoms with Crippen LogP contribution in [0, 0.1) is 0 Å². The monoisotopic (exact) mass is 403 g/mol. The Morgan fingerprint density at radius 3 is 2.40 bits per heavy atom. The van der Waals surface area contributed by atoms with Crippen molar-refractivity contribution < 1.29 is 21.6 Å². The van der Waals surface area contributed by atoms with Gasteiger partial charge in [0.15, 0.2) is 19.7 Å². The van der Waals surface area contributed by atoms with E-state index in [1.165, 1.54) is 18.2 Å². The van der Waals surface area contributed by atoms with Crippen molar-refractivity contribution in [3.05, 3.63) is 54.1 Å². The van der Waals surface area contributed by atoms with E-state index >= 15 is 0 Å². The Balaban J connectivity index is 0.00000225. The summed E-state index contributed by atoms with van der Waals surface area (Å²) in [6.07, 6.45) is 0. The third-order valence-electron chi connectivity index (χ3n) is 3.88. The lowest BCUT2D eigenvalue weighted by atomic mass is 10.1. The number of hydrogen-bond acceptors (Lipinski definition) is 6. The smallest absolute Gasteiger partial charge is 0.186 e. The molecule has 0 amide bonds. The standard InChI is InChI=1S/C16H17NO5S2.ClH/c17-9-10-22-13-7-4-8-14-16(13)15(11-23(14,18)19)24(20,21)12-5-2-1-3-6-12;/h1-8,15H,9-11,17H2;1H. The Morgan fingerprint density at radius 2 is 1.76 bits per heavy atom. The Morgan fingerprint density at radius 1 is 1.08 bits per heavy atom. The van der Waals surface area contributed by atoms with Crippen LogP contribution in [0.4, 0.5) is 0 Å². The highest BCUT2D eigenvalue weighted by molar-refractivity contribution is 7.96. The van der Waals surface area contributed by atoms with Crippen molar-refractivity contribution in [2.24, 2.45) is 5.73 Å². The topological polar surface area (TPSA) is 104 Å². The van der Waals surface area contributed by atoms with E-state index in [9.17, 15) is 16.8 Å². The van der Waals surface area contributed by atoms with Gasteiger partial charge in [-0.1, -0.05) is 24.3 Å². The summed E-state index contributed by atoms with van der Waals surface area (Å²) >= 11 is 0. The van der Waals surface area contributed by atoms with E-state index < -0.39 is 30.7 Å². The summed E-state index contributed by atoms with van der Waals surface area (Å²) in [7, 11) is -7.54. The first kappa shape index (κ1) is 19.7. The minimum absolute atomic E-state index is 0. The van der Waals surface area contributed by atoms with Crippen LogP contribution in [0.2, 0.25) is 0 Å². The van der Waals surface area contributed by atoms with E-state index in [4.69, 9.17) is 10.5 Å². The number of ether oxygens (including phenoxy) is 1. The van der Waals surface area contributed by atoms with E-state index in [1.807, 2.05) is 0 Å². The van der Waals surface area contributed by atoms with E-state index in [-0.39, 0.29) is 46.7 Å². The minimum Gasteiger partial charge on any atom is -0.492 e. The first-order valence-corrected chi connectivity index (χ1v) is 10.6. The Hall–Kier alpha value is -1.61. The number of hydrogen-bond donors (Lipinski definition) is 1. The molecule has 0 aromatic heterocycles. The predicted molar refractivity (Wildman–Crippen MR) is 96.7 cm³/mol. The maximum atomic E-state index is 13.0. The van der Waals surface area contributed by atoms with Gasteiger partial charge < -0.3 is 10.5 Å². The molecule has 1 aliphatic heterocycles. The number of nitrogens with two attached hydrogens (primary N) is 1. The lowest BCUT2D eigenvalue weighted by Crippen LogP contribution is -2.17. The summed E-state index contributed by atoms with van der Waals surface area (Å²) in [4.78, 5) is 0.105. The van der Waals surface area contributed by atoms with Gasteiger partial charge in [0.1, 0.15) is 17.6 Å². The predicted octanol–water partition coefficient (Wildman–Crippen LogP) is 1.75. The van der Waals surface area contributed by atoms with E-state index in [2.05, 4.69) is 0 Å². The molecule has 25 heavy (non-hydrogen) atoms. The Kier molecular flexibility index (Phi) is 5.78. The van der Waals surface area contributed by atoms with E-state index in [1.54, 1.807) is 30.3 Å². The molecule has 9 heteroatoms. The fraction of sp³-hybridized carbons (Fsp3) is 0.250. The van der Waals surface area contributed by atoms with Crippen LogP contribution in [0.25, 0.3) is 0 Å². The van der Waals surface area contributed by atoms with Crippen LogP contribution in [-0.2, 0) is 19.7 Å². The van der Waals surface area contributed by atoms with Crippen LogP contribution in [-0.4, -0.2) is 35.7 Å². The average molecular weight is 404 g/mol. The molecule has 1 heterocycles. The largest absolute Gasteiger partial charge is 0.492 e. The highest BCUT2D eigenvalue weighted by atomic mass is 35.5. The van der Waals surface area contributed by atoms with Gasteiger partial charge in [-0.15, -0.1) is 12.4 Å². The molecule has 1 aliphatic rings. The van der Waals surface area contributed by atoms with Crippen LogP contribution < -0.4 is 10.5 Å². The van der Waals surface area contributed by atoms with Gasteiger partial charge in [-0.3, -0.25) is 0 Å². The zero-order valence-electron chi connectivity index (χ0n) is 13.2. The molecule has 0 aliphatic carbocycles. The summed E-state index contributed by atoms with van der Waals surface area (Å²) in [5.41, 5.74) is 5.63. The third kappa shape index (κ3) is 3.52. The normalized spacial score (nSPS) is 18.2. The van der Waals surface area contributed by atoms with Crippen molar-refractivity contribution in [3.63, 3.8) is 0 Å². The molecule has 0 fully saturated rings. The summed E-state index contributed by atoms with van der Waals surface area (Å²) in [6.45, 7) is 0.418. The van der Waals surface area contributed by atoms with E-state index in [0.29, 0.717) is 0 Å². The van der Waals surface area contributed by atoms with Crippen molar-refractivity contribution in [3.8, 4) is 5.75 Å². The molecule has 0 radical (unpaired) electrons. The second kappa shape index (κ2) is 7.33. The van der Waals surface area contributed by atoms with Gasteiger partial charge in [-0.25, -0.2) is 16.8 Å². The Labute approximate surface area is 153 Å². The minimum atomic E-state index is -3.86. The third-order valence-corrected chi connectivity index (χ3v) is 7.97. The zero-order chi connectivity index (χ0) is 17.4. The summed E-state index contributed by atoms with van der Waals surface area (Å²) in [5, 5.41) is -1.19. The molecule has 136 valence electrons. The average Bonchev–Trinajstić information content (AvgIpc) is 2.86. The number of fused-ring (bicyclic) bond motifs is 1. The molecule has 3 rings (SSSR count). The Bertz CT molecular complexity index is 959. The maximum Gasteiger partial charge on any atom is 0.186 e. The van der Waals surface area contributed by atoms with Crippen LogP contribution in [0.15, 0.2) is 58.3 Å². The number of benzene rings is 2. The van der Waals surface area contributed by atoms with Gasteiger partial charge in [-0.2, -0.15) is 0 Å². The quantitative estimate of drug-likeness (QED) is 0.815. The molecule has 0 spiro atoms. The zero-order valence-corrected chi connectivity index (χ0v) is 15.6. The van der Waals surface area contributed by atoms with Gasteiger partial charge >= 0.3 is 0 Å². The van der Waals surface area contributed by atoms with Crippen molar-refractivity contribution >= 4 is 32.1 Å². The van der Waals surface area contributed by atoms with E-state index in [0.717, 1.165) is 0 Å². The highest BCUT2D eigenvalue weighted by Crippen LogP contribution is 2.45. The molecule has 1 atom stereocenters. The van der Waals surface area contributed by atoms with Crippen molar-refractivity contribution in [2.45, 2.75) is 15.0 Å². The lowest BCUT2D eigenvalue weighted by Gasteiger charge is -2.16. The number of sulfone groups is 2. The first-order valence-electron chi connectivity index (χ1n) is 7.35. The van der Waals surface area contributed by atoms with Gasteiger partial charge in [-0.05, 0) is 24.3 Å². The van der Waals surface area contributed by atoms with Crippen LogP contribution >= 0.6 is 12.4 Å². The SMILES string of the molecule is Cl.NCCOc1cccc2c1C(S(=O)(=O)c1ccccc1)CS2(=O)=O. The van der Waals surface area contributed by atoms with Crippen LogP contribution in [0.5, 0.6) is 5.75 Å². The second-order valence-electron chi connectivity index (χ2n) is 5.43. The molecule has 0 saturated carbocycles. The molecule has 6 nitrogen and oxygen atoms in total. The van der Waals surface area contributed by atoms with Crippen LogP contribution in [0.3, 0.4) is 0 Å². The van der Waals surface area contributed by atoms with Gasteiger partial charge in [0.25, 0.3) is 0 Å².